The summed E-state index contributed by atoms with van der Waals surface area (Å²) in [7, 11) is 0. The van der Waals surface area contributed by atoms with E-state index in [0.29, 0.717) is 0 Å². The lowest BCUT2D eigenvalue weighted by molar-refractivity contribution is 0.668. The van der Waals surface area contributed by atoms with Gasteiger partial charge in [-0.25, -0.2) is 0 Å². The fraction of sp³-hybridized carbons (Fsp3) is 0.333. The third-order valence-electron chi connectivity index (χ3n) is 3.05. The summed E-state index contributed by atoms with van der Waals surface area (Å²) in [5, 5.41) is 15.5. The molecule has 104 valence electrons. The zero-order valence-electron chi connectivity index (χ0n) is 11.4. The van der Waals surface area contributed by atoms with Crippen molar-refractivity contribution in [2.75, 3.05) is 13.1 Å². The predicted molar refractivity (Wildman–Crippen MR) is 87.6 cm³/mol. The number of thiophene rings is 1. The molecule has 0 bridgehead atoms. The summed E-state index contributed by atoms with van der Waals surface area (Å²) in [6.45, 7) is 4.23. The van der Waals surface area contributed by atoms with Crippen LogP contribution in [0.15, 0.2) is 30.3 Å². The molecular weight excluding hydrogens is 286 g/mol. The Labute approximate surface area is 126 Å². The highest BCUT2D eigenvalue weighted by Crippen LogP contribution is 2.34. The number of hydrogen-bond donors (Lipinski definition) is 1. The van der Waals surface area contributed by atoms with Gasteiger partial charge in [0.15, 0.2) is 5.01 Å². The molecule has 0 radical (unpaired) electrons. The van der Waals surface area contributed by atoms with Gasteiger partial charge < -0.3 is 5.32 Å². The molecule has 1 N–H and O–H groups in total. The number of benzene rings is 1. The molecule has 0 aliphatic carbocycles. The Kier molecular flexibility index (Phi) is 4.40. The minimum absolute atomic E-state index is 0.961. The molecule has 3 aromatic rings. The van der Waals surface area contributed by atoms with E-state index in [1.807, 2.05) is 0 Å². The SMILES string of the molecule is CCCNCCc1nnc(-c2cc3ccccc3s2)s1. The number of nitrogens with one attached hydrogen (secondary N) is 1. The summed E-state index contributed by atoms with van der Waals surface area (Å²) in [5.41, 5.74) is 0. The number of rotatable bonds is 6. The Morgan fingerprint density at radius 2 is 2.00 bits per heavy atom. The fourth-order valence-corrected chi connectivity index (χ4v) is 3.98. The van der Waals surface area contributed by atoms with Crippen LogP contribution in [0.1, 0.15) is 18.4 Å². The maximum Gasteiger partial charge on any atom is 0.157 e. The summed E-state index contributed by atoms with van der Waals surface area (Å²) < 4.78 is 1.31. The topological polar surface area (TPSA) is 37.8 Å². The second-order valence-electron chi connectivity index (χ2n) is 4.65. The van der Waals surface area contributed by atoms with Crippen LogP contribution in [-0.4, -0.2) is 23.3 Å². The first-order chi connectivity index (χ1) is 9.86. The molecular formula is C15H17N3S2. The molecule has 0 saturated heterocycles. The standard InChI is InChI=1S/C15H17N3S2/c1-2-8-16-9-7-14-17-18-15(20-14)13-10-11-5-3-4-6-12(11)19-13/h3-6,10,16H,2,7-9H2,1H3. The second-order valence-corrected chi connectivity index (χ2v) is 6.80. The third-order valence-corrected chi connectivity index (χ3v) is 5.31. The third kappa shape index (κ3) is 3.06. The summed E-state index contributed by atoms with van der Waals surface area (Å²) in [6.07, 6.45) is 2.13. The Morgan fingerprint density at radius 1 is 1.10 bits per heavy atom. The van der Waals surface area contributed by atoms with Crippen LogP contribution in [0.5, 0.6) is 0 Å². The van der Waals surface area contributed by atoms with E-state index in [0.717, 1.165) is 29.5 Å². The molecule has 0 aliphatic heterocycles. The lowest BCUT2D eigenvalue weighted by Gasteiger charge is -1.98. The van der Waals surface area contributed by atoms with E-state index in [1.54, 1.807) is 22.7 Å². The maximum atomic E-state index is 4.33. The van der Waals surface area contributed by atoms with E-state index in [9.17, 15) is 0 Å². The fourth-order valence-electron chi connectivity index (χ4n) is 2.04. The number of aromatic nitrogens is 2. The molecule has 0 amide bonds. The summed E-state index contributed by atoms with van der Waals surface area (Å²) in [5.74, 6) is 0. The Morgan fingerprint density at radius 3 is 2.85 bits per heavy atom. The first-order valence-electron chi connectivity index (χ1n) is 6.89. The van der Waals surface area contributed by atoms with Gasteiger partial charge in [-0.15, -0.1) is 21.5 Å². The molecule has 0 atom stereocenters. The van der Waals surface area contributed by atoms with Gasteiger partial charge in [0.25, 0.3) is 0 Å². The minimum atomic E-state index is 0.961. The number of fused-ring (bicyclic) bond motifs is 1. The van der Waals surface area contributed by atoms with E-state index in [2.05, 4.69) is 52.8 Å². The van der Waals surface area contributed by atoms with E-state index < -0.39 is 0 Å². The number of hydrogen-bond acceptors (Lipinski definition) is 5. The molecule has 0 spiro atoms. The highest BCUT2D eigenvalue weighted by Gasteiger charge is 2.09. The first kappa shape index (κ1) is 13.7. The average molecular weight is 303 g/mol. The predicted octanol–water partition coefficient (Wildman–Crippen LogP) is 3.96. The smallest absolute Gasteiger partial charge is 0.157 e. The quantitative estimate of drug-likeness (QED) is 0.700. The molecule has 20 heavy (non-hydrogen) atoms. The van der Waals surface area contributed by atoms with Crippen LogP contribution < -0.4 is 5.32 Å². The van der Waals surface area contributed by atoms with E-state index >= 15 is 0 Å². The lowest BCUT2D eigenvalue weighted by Crippen LogP contribution is -2.17. The first-order valence-corrected chi connectivity index (χ1v) is 8.52. The van der Waals surface area contributed by atoms with Crippen LogP contribution in [-0.2, 0) is 6.42 Å². The van der Waals surface area contributed by atoms with Gasteiger partial charge in [-0.05, 0) is 30.5 Å². The van der Waals surface area contributed by atoms with E-state index in [4.69, 9.17) is 0 Å². The summed E-state index contributed by atoms with van der Waals surface area (Å²) >= 11 is 3.50. The van der Waals surface area contributed by atoms with Crippen molar-refractivity contribution in [3.05, 3.63) is 35.3 Å². The van der Waals surface area contributed by atoms with Gasteiger partial charge in [0, 0.05) is 17.7 Å². The van der Waals surface area contributed by atoms with Gasteiger partial charge in [0.2, 0.25) is 0 Å². The van der Waals surface area contributed by atoms with Gasteiger partial charge >= 0.3 is 0 Å². The number of nitrogens with zero attached hydrogens (tertiary/aromatic N) is 2. The van der Waals surface area contributed by atoms with Crippen LogP contribution >= 0.6 is 22.7 Å². The normalized spacial score (nSPS) is 11.2. The van der Waals surface area contributed by atoms with Crippen molar-refractivity contribution in [1.29, 1.82) is 0 Å². The Balaban J connectivity index is 1.72. The van der Waals surface area contributed by atoms with Crippen molar-refractivity contribution in [3.8, 4) is 9.88 Å². The monoisotopic (exact) mass is 303 g/mol. The van der Waals surface area contributed by atoms with Crippen LogP contribution in [0.3, 0.4) is 0 Å². The Hall–Kier alpha value is -1.30. The molecule has 0 saturated carbocycles. The average Bonchev–Trinajstić information content (AvgIpc) is 3.09. The van der Waals surface area contributed by atoms with Crippen LogP contribution in [0.2, 0.25) is 0 Å². The zero-order chi connectivity index (χ0) is 13.8. The molecule has 5 heteroatoms. The molecule has 1 aromatic carbocycles. The zero-order valence-corrected chi connectivity index (χ0v) is 13.1. The van der Waals surface area contributed by atoms with Crippen molar-refractivity contribution < 1.29 is 0 Å². The molecule has 0 fully saturated rings. The van der Waals surface area contributed by atoms with E-state index in [-0.39, 0.29) is 0 Å². The molecule has 3 rings (SSSR count). The molecule has 0 aliphatic rings. The molecule has 2 heterocycles. The van der Waals surface area contributed by atoms with Crippen molar-refractivity contribution in [3.63, 3.8) is 0 Å². The maximum absolute atomic E-state index is 4.33. The second kappa shape index (κ2) is 6.43. The summed E-state index contributed by atoms with van der Waals surface area (Å²) in [6, 6.07) is 10.7. The van der Waals surface area contributed by atoms with Crippen LogP contribution in [0.4, 0.5) is 0 Å². The Bertz CT molecular complexity index is 654. The van der Waals surface area contributed by atoms with Gasteiger partial charge in [0.05, 0.1) is 4.88 Å². The van der Waals surface area contributed by atoms with Crippen LogP contribution in [0, 0.1) is 0 Å². The van der Waals surface area contributed by atoms with Gasteiger partial charge in [-0.2, -0.15) is 0 Å². The largest absolute Gasteiger partial charge is 0.316 e. The summed E-state index contributed by atoms with van der Waals surface area (Å²) in [4.78, 5) is 1.22. The van der Waals surface area contributed by atoms with Gasteiger partial charge in [0.1, 0.15) is 5.01 Å². The van der Waals surface area contributed by atoms with E-state index in [1.165, 1.54) is 21.4 Å². The molecule has 0 unspecified atom stereocenters. The highest BCUT2D eigenvalue weighted by molar-refractivity contribution is 7.25. The van der Waals surface area contributed by atoms with Gasteiger partial charge in [-0.1, -0.05) is 36.5 Å². The molecule has 2 aromatic heterocycles. The lowest BCUT2D eigenvalue weighted by atomic mass is 10.2. The van der Waals surface area contributed by atoms with Crippen molar-refractivity contribution in [2.45, 2.75) is 19.8 Å². The van der Waals surface area contributed by atoms with Crippen molar-refractivity contribution >= 4 is 32.8 Å². The minimum Gasteiger partial charge on any atom is -0.316 e. The highest BCUT2D eigenvalue weighted by atomic mass is 32.1. The van der Waals surface area contributed by atoms with Crippen molar-refractivity contribution in [2.24, 2.45) is 0 Å². The van der Waals surface area contributed by atoms with Crippen molar-refractivity contribution in [1.82, 2.24) is 15.5 Å². The van der Waals surface area contributed by atoms with Crippen LogP contribution in [0.25, 0.3) is 20.0 Å². The molecule has 3 nitrogen and oxygen atoms in total. The van der Waals surface area contributed by atoms with Gasteiger partial charge in [-0.3, -0.25) is 0 Å².